The molecule has 0 spiro atoms. The lowest BCUT2D eigenvalue weighted by molar-refractivity contribution is -0.149. The van der Waals surface area contributed by atoms with Gasteiger partial charge in [0.2, 0.25) is 11.8 Å². The molecule has 2 amide bonds. The summed E-state index contributed by atoms with van der Waals surface area (Å²) in [6, 6.07) is 28.2. The van der Waals surface area contributed by atoms with Crippen molar-refractivity contribution in [2.45, 2.75) is 50.2 Å². The number of anilines is 2. The van der Waals surface area contributed by atoms with E-state index in [9.17, 15) is 9.59 Å². The van der Waals surface area contributed by atoms with Gasteiger partial charge in [-0.3, -0.25) is 9.59 Å². The van der Waals surface area contributed by atoms with Crippen LogP contribution in [0.2, 0.25) is 0 Å². The molecule has 9 heteroatoms. The average Bonchev–Trinajstić information content (AvgIpc) is 3.45. The molecule has 1 aliphatic carbocycles. The maximum absolute atomic E-state index is 14.4. The van der Waals surface area contributed by atoms with E-state index >= 15 is 0 Å². The number of ether oxygens (including phenoxy) is 1. The van der Waals surface area contributed by atoms with E-state index in [4.69, 9.17) is 17.0 Å². The van der Waals surface area contributed by atoms with E-state index in [-0.39, 0.29) is 24.4 Å². The SMILES string of the molecule is O=C(CN1C[C@H](c2ccccc2)NC1=S)N(Cc1ccccc1)C1(C(=O)Nc2ccc(N3CCOCC3)cc2)CCCCC1. The van der Waals surface area contributed by atoms with Crippen LogP contribution in [0.4, 0.5) is 11.4 Å². The van der Waals surface area contributed by atoms with Crippen LogP contribution in [0.1, 0.15) is 49.3 Å². The summed E-state index contributed by atoms with van der Waals surface area (Å²) in [7, 11) is 0. The van der Waals surface area contributed by atoms with Gasteiger partial charge in [0.15, 0.2) is 5.11 Å². The molecule has 44 heavy (non-hydrogen) atoms. The number of rotatable bonds is 9. The molecule has 3 aromatic carbocycles. The van der Waals surface area contributed by atoms with Crippen molar-refractivity contribution >= 4 is 40.5 Å². The highest BCUT2D eigenvalue weighted by atomic mass is 32.1. The molecule has 8 nitrogen and oxygen atoms in total. The van der Waals surface area contributed by atoms with Crippen molar-refractivity contribution in [3.8, 4) is 0 Å². The maximum Gasteiger partial charge on any atom is 0.250 e. The molecule has 1 atom stereocenters. The van der Waals surface area contributed by atoms with E-state index < -0.39 is 5.54 Å². The molecule has 6 rings (SSSR count). The monoisotopic (exact) mass is 611 g/mol. The highest BCUT2D eigenvalue weighted by Gasteiger charge is 2.47. The second-order valence-corrected chi connectivity index (χ2v) is 12.3. The molecule has 3 fully saturated rings. The van der Waals surface area contributed by atoms with Gasteiger partial charge in [0.25, 0.3) is 0 Å². The molecule has 3 aromatic rings. The molecule has 3 aliphatic rings. The standard InChI is InChI=1S/C35H41N5O3S/c41-32(26-39-25-31(37-34(39)44)28-12-6-2-7-13-28)40(24-27-10-4-1-5-11-27)35(18-8-3-9-19-35)33(42)36-29-14-16-30(17-15-29)38-20-22-43-23-21-38/h1-2,4-7,10-17,31H,3,8-9,18-26H2,(H,36,42)(H,37,44)/t31-/m1/s1. The second kappa shape index (κ2) is 13.8. The van der Waals surface area contributed by atoms with E-state index in [1.807, 2.05) is 82.6 Å². The summed E-state index contributed by atoms with van der Waals surface area (Å²) in [4.78, 5) is 34.8. The third kappa shape index (κ3) is 6.74. The molecule has 0 radical (unpaired) electrons. The Morgan fingerprint density at radius 1 is 0.909 bits per heavy atom. The van der Waals surface area contributed by atoms with Gasteiger partial charge in [-0.15, -0.1) is 0 Å². The lowest BCUT2D eigenvalue weighted by Crippen LogP contribution is -2.61. The summed E-state index contributed by atoms with van der Waals surface area (Å²) in [6.07, 6.45) is 4.08. The van der Waals surface area contributed by atoms with Gasteiger partial charge in [-0.2, -0.15) is 0 Å². The van der Waals surface area contributed by atoms with Gasteiger partial charge in [-0.1, -0.05) is 79.9 Å². The van der Waals surface area contributed by atoms with E-state index in [1.165, 1.54) is 0 Å². The molecule has 0 bridgehead atoms. The first-order chi connectivity index (χ1) is 21.5. The van der Waals surface area contributed by atoms with Crippen LogP contribution < -0.4 is 15.5 Å². The van der Waals surface area contributed by atoms with E-state index in [0.29, 0.717) is 31.0 Å². The molecule has 2 aliphatic heterocycles. The number of hydrogen-bond acceptors (Lipinski definition) is 5. The third-order valence-electron chi connectivity index (χ3n) is 9.12. The van der Waals surface area contributed by atoms with Crippen molar-refractivity contribution in [1.82, 2.24) is 15.1 Å². The van der Waals surface area contributed by atoms with Gasteiger partial charge in [-0.05, 0) is 60.5 Å². The Morgan fingerprint density at radius 2 is 1.57 bits per heavy atom. The van der Waals surface area contributed by atoms with Gasteiger partial charge in [0.1, 0.15) is 5.54 Å². The molecule has 0 aromatic heterocycles. The fourth-order valence-electron chi connectivity index (χ4n) is 6.67. The minimum Gasteiger partial charge on any atom is -0.378 e. The minimum absolute atomic E-state index is 0.0199. The Kier molecular flexibility index (Phi) is 9.43. The predicted octanol–water partition coefficient (Wildman–Crippen LogP) is 5.12. The van der Waals surface area contributed by atoms with Crippen LogP contribution in [0.25, 0.3) is 0 Å². The molecule has 1 saturated carbocycles. The first-order valence-electron chi connectivity index (χ1n) is 15.7. The van der Waals surface area contributed by atoms with Crippen LogP contribution >= 0.6 is 12.2 Å². The van der Waals surface area contributed by atoms with Crippen LogP contribution in [0.3, 0.4) is 0 Å². The minimum atomic E-state index is -0.957. The number of hydrogen-bond donors (Lipinski definition) is 2. The zero-order valence-corrected chi connectivity index (χ0v) is 25.9. The average molecular weight is 612 g/mol. The van der Waals surface area contributed by atoms with Crippen LogP contribution in [-0.2, 0) is 20.9 Å². The van der Waals surface area contributed by atoms with Gasteiger partial charge in [0, 0.05) is 37.6 Å². The summed E-state index contributed by atoms with van der Waals surface area (Å²) < 4.78 is 5.49. The smallest absolute Gasteiger partial charge is 0.250 e. The van der Waals surface area contributed by atoms with Gasteiger partial charge in [-0.25, -0.2) is 0 Å². The number of nitrogens with zero attached hydrogens (tertiary/aromatic N) is 3. The predicted molar refractivity (Wildman–Crippen MR) is 177 cm³/mol. The number of amides is 2. The fourth-order valence-corrected chi connectivity index (χ4v) is 6.95. The van der Waals surface area contributed by atoms with Crippen molar-refractivity contribution in [3.05, 3.63) is 96.1 Å². The summed E-state index contributed by atoms with van der Waals surface area (Å²) in [5.74, 6) is -0.212. The number of carbonyl (C=O) groups is 2. The Balaban J connectivity index is 1.24. The van der Waals surface area contributed by atoms with E-state index in [0.717, 1.165) is 68.1 Å². The highest BCUT2D eigenvalue weighted by Crippen LogP contribution is 2.37. The highest BCUT2D eigenvalue weighted by molar-refractivity contribution is 7.80. The Hall–Kier alpha value is -3.95. The summed E-state index contributed by atoms with van der Waals surface area (Å²) in [5, 5.41) is 7.16. The number of nitrogens with one attached hydrogen (secondary N) is 2. The molecule has 2 N–H and O–H groups in total. The first kappa shape index (κ1) is 30.1. The zero-order valence-electron chi connectivity index (χ0n) is 25.1. The van der Waals surface area contributed by atoms with Crippen molar-refractivity contribution in [3.63, 3.8) is 0 Å². The molecule has 230 valence electrons. The lowest BCUT2D eigenvalue weighted by atomic mass is 9.78. The molecular formula is C35H41N5O3S. The largest absolute Gasteiger partial charge is 0.378 e. The van der Waals surface area contributed by atoms with Crippen LogP contribution in [-0.4, -0.2) is 71.7 Å². The topological polar surface area (TPSA) is 77.2 Å². The molecule has 0 unspecified atom stereocenters. The quantitative estimate of drug-likeness (QED) is 0.325. The fraction of sp³-hybridized carbons (Fsp3) is 0.400. The van der Waals surface area contributed by atoms with Crippen LogP contribution in [0, 0.1) is 0 Å². The lowest BCUT2D eigenvalue weighted by Gasteiger charge is -2.45. The van der Waals surface area contributed by atoms with Crippen LogP contribution in [0.15, 0.2) is 84.9 Å². The maximum atomic E-state index is 14.4. The van der Waals surface area contributed by atoms with Gasteiger partial charge < -0.3 is 30.1 Å². The first-order valence-corrected chi connectivity index (χ1v) is 16.1. The normalized spacial score (nSPS) is 19.7. The van der Waals surface area contributed by atoms with E-state index in [1.54, 1.807) is 0 Å². The number of thiocarbonyl (C=S) groups is 1. The second-order valence-electron chi connectivity index (χ2n) is 12.0. The summed E-state index contributed by atoms with van der Waals surface area (Å²) in [6.45, 7) is 4.22. The number of morpholine rings is 1. The van der Waals surface area contributed by atoms with Gasteiger partial charge in [0.05, 0.1) is 25.8 Å². The molecule has 2 heterocycles. The summed E-state index contributed by atoms with van der Waals surface area (Å²) >= 11 is 5.69. The van der Waals surface area contributed by atoms with Crippen molar-refractivity contribution in [2.24, 2.45) is 0 Å². The Labute approximate surface area is 265 Å². The number of carbonyl (C=O) groups excluding carboxylic acids is 2. The summed E-state index contributed by atoms with van der Waals surface area (Å²) in [5.41, 5.74) is 3.02. The van der Waals surface area contributed by atoms with Gasteiger partial charge >= 0.3 is 0 Å². The van der Waals surface area contributed by atoms with Crippen molar-refractivity contribution < 1.29 is 14.3 Å². The molecule has 2 saturated heterocycles. The van der Waals surface area contributed by atoms with Crippen molar-refractivity contribution in [2.75, 3.05) is 49.6 Å². The van der Waals surface area contributed by atoms with Crippen LogP contribution in [0.5, 0.6) is 0 Å². The zero-order chi connectivity index (χ0) is 30.4. The van der Waals surface area contributed by atoms with Crippen molar-refractivity contribution in [1.29, 1.82) is 0 Å². The third-order valence-corrected chi connectivity index (χ3v) is 9.50. The van der Waals surface area contributed by atoms with E-state index in [2.05, 4.69) is 27.7 Å². The molecular weight excluding hydrogens is 570 g/mol. The Bertz CT molecular complexity index is 1420. The Morgan fingerprint density at radius 3 is 2.25 bits per heavy atom. The number of benzene rings is 3.